The fourth-order valence-electron chi connectivity index (χ4n) is 2.56. The molecule has 3 rings (SSSR count). The van der Waals surface area contributed by atoms with Crippen molar-refractivity contribution in [3.8, 4) is 0 Å². The van der Waals surface area contributed by atoms with Crippen LogP contribution in [-0.4, -0.2) is 24.4 Å². The number of carbonyl (C=O) groups excluding carboxylic acids is 2. The third kappa shape index (κ3) is 3.06. The van der Waals surface area contributed by atoms with Crippen molar-refractivity contribution in [1.82, 2.24) is 5.32 Å². The molecular weight excluding hydrogens is 302 g/mol. The van der Waals surface area contributed by atoms with Crippen LogP contribution >= 0.6 is 0 Å². The lowest BCUT2D eigenvalue weighted by Gasteiger charge is -2.17. The van der Waals surface area contributed by atoms with Crippen LogP contribution in [0.1, 0.15) is 16.8 Å². The fraction of sp³-hybridized carbons (Fsp3) is 0.176. The zero-order valence-corrected chi connectivity index (χ0v) is 12.1. The lowest BCUT2D eigenvalue weighted by atomic mass is 10.1. The molecule has 1 aliphatic heterocycles. The van der Waals surface area contributed by atoms with Crippen molar-refractivity contribution >= 4 is 17.5 Å². The summed E-state index contributed by atoms with van der Waals surface area (Å²) in [6.07, 6.45) is 0.461. The summed E-state index contributed by atoms with van der Waals surface area (Å²) in [6, 6.07) is 11.4. The van der Waals surface area contributed by atoms with Gasteiger partial charge in [-0.2, -0.15) is 0 Å². The van der Waals surface area contributed by atoms with Gasteiger partial charge in [-0.1, -0.05) is 18.2 Å². The Bertz CT molecular complexity index is 750. The van der Waals surface area contributed by atoms with Crippen molar-refractivity contribution in [1.29, 1.82) is 0 Å². The van der Waals surface area contributed by atoms with Gasteiger partial charge >= 0.3 is 0 Å². The topological polar surface area (TPSA) is 49.4 Å². The van der Waals surface area contributed by atoms with Gasteiger partial charge < -0.3 is 10.2 Å². The van der Waals surface area contributed by atoms with Gasteiger partial charge in [0, 0.05) is 17.8 Å². The number of anilines is 1. The van der Waals surface area contributed by atoms with E-state index in [1.807, 2.05) is 30.3 Å². The molecule has 0 unspecified atom stereocenters. The second kappa shape index (κ2) is 6.16. The van der Waals surface area contributed by atoms with E-state index in [1.54, 1.807) is 4.90 Å². The lowest BCUT2D eigenvalue weighted by molar-refractivity contribution is -0.118. The van der Waals surface area contributed by atoms with Gasteiger partial charge in [0.2, 0.25) is 5.91 Å². The molecule has 0 saturated carbocycles. The molecule has 1 aliphatic rings. The molecule has 0 aliphatic carbocycles. The number of hydrogen-bond acceptors (Lipinski definition) is 2. The van der Waals surface area contributed by atoms with E-state index in [0.29, 0.717) is 13.0 Å². The van der Waals surface area contributed by atoms with Crippen molar-refractivity contribution in [2.24, 2.45) is 0 Å². The van der Waals surface area contributed by atoms with E-state index in [2.05, 4.69) is 5.32 Å². The molecule has 4 nitrogen and oxygen atoms in total. The number of hydrogen-bond donors (Lipinski definition) is 1. The Morgan fingerprint density at radius 3 is 2.52 bits per heavy atom. The van der Waals surface area contributed by atoms with Crippen molar-refractivity contribution < 1.29 is 18.4 Å². The van der Waals surface area contributed by atoms with Gasteiger partial charge in [0.05, 0.1) is 0 Å². The molecule has 23 heavy (non-hydrogen) atoms. The molecule has 6 heteroatoms. The summed E-state index contributed by atoms with van der Waals surface area (Å²) in [7, 11) is 0. The van der Waals surface area contributed by atoms with Gasteiger partial charge in [-0.15, -0.1) is 0 Å². The van der Waals surface area contributed by atoms with Crippen LogP contribution in [0.15, 0.2) is 48.5 Å². The van der Waals surface area contributed by atoms with Crippen LogP contribution in [0.2, 0.25) is 0 Å². The summed E-state index contributed by atoms with van der Waals surface area (Å²) in [4.78, 5) is 26.0. The maximum atomic E-state index is 13.2. The number of benzene rings is 2. The first-order valence-electron chi connectivity index (χ1n) is 7.18. The standard InChI is InChI=1S/C17H14F2N2O2/c18-13-7-6-11(10-14(13)19)16(22)20-15-8-9-21(17(15)23)12-4-2-1-3-5-12/h1-7,10,15H,8-9H2,(H,20,22)/t15-/m1/s1. The van der Waals surface area contributed by atoms with Crippen molar-refractivity contribution in [3.63, 3.8) is 0 Å². The molecule has 1 fully saturated rings. The third-order valence-electron chi connectivity index (χ3n) is 3.76. The monoisotopic (exact) mass is 316 g/mol. The SMILES string of the molecule is O=C(N[C@@H]1CCN(c2ccccc2)C1=O)c1ccc(F)c(F)c1. The van der Waals surface area contributed by atoms with E-state index in [-0.39, 0.29) is 11.5 Å². The summed E-state index contributed by atoms with van der Waals surface area (Å²) in [5.74, 6) is -2.93. The van der Waals surface area contributed by atoms with E-state index in [9.17, 15) is 18.4 Å². The zero-order chi connectivity index (χ0) is 16.4. The van der Waals surface area contributed by atoms with E-state index >= 15 is 0 Å². The zero-order valence-electron chi connectivity index (χ0n) is 12.1. The number of halogens is 2. The Morgan fingerprint density at radius 2 is 1.83 bits per heavy atom. The molecule has 1 N–H and O–H groups in total. The number of nitrogens with one attached hydrogen (secondary N) is 1. The molecule has 2 aromatic carbocycles. The summed E-state index contributed by atoms with van der Waals surface area (Å²) in [6.45, 7) is 0.492. The van der Waals surface area contributed by atoms with E-state index < -0.39 is 23.6 Å². The third-order valence-corrected chi connectivity index (χ3v) is 3.76. The summed E-state index contributed by atoms with van der Waals surface area (Å²) < 4.78 is 26.1. The van der Waals surface area contributed by atoms with Crippen LogP contribution in [0, 0.1) is 11.6 Å². The molecule has 1 heterocycles. The molecule has 0 radical (unpaired) electrons. The lowest BCUT2D eigenvalue weighted by Crippen LogP contribution is -2.41. The van der Waals surface area contributed by atoms with E-state index in [4.69, 9.17) is 0 Å². The molecular formula is C17H14F2N2O2. The van der Waals surface area contributed by atoms with Gasteiger partial charge in [-0.25, -0.2) is 8.78 Å². The highest BCUT2D eigenvalue weighted by molar-refractivity contribution is 6.03. The minimum absolute atomic E-state index is 0.0186. The van der Waals surface area contributed by atoms with E-state index in [1.165, 1.54) is 6.07 Å². The second-order valence-corrected chi connectivity index (χ2v) is 5.27. The fourth-order valence-corrected chi connectivity index (χ4v) is 2.56. The predicted octanol–water partition coefficient (Wildman–Crippen LogP) is 2.50. The van der Waals surface area contributed by atoms with Crippen LogP contribution < -0.4 is 10.2 Å². The molecule has 118 valence electrons. The second-order valence-electron chi connectivity index (χ2n) is 5.27. The number of carbonyl (C=O) groups is 2. The summed E-state index contributed by atoms with van der Waals surface area (Å²) >= 11 is 0. The quantitative estimate of drug-likeness (QED) is 0.946. The Morgan fingerprint density at radius 1 is 1.09 bits per heavy atom. The minimum atomic E-state index is -1.10. The smallest absolute Gasteiger partial charge is 0.252 e. The van der Waals surface area contributed by atoms with Crippen molar-refractivity contribution in [2.45, 2.75) is 12.5 Å². The van der Waals surface area contributed by atoms with Crippen LogP contribution in [0.4, 0.5) is 14.5 Å². The normalized spacial score (nSPS) is 17.4. The molecule has 0 bridgehead atoms. The highest BCUT2D eigenvalue weighted by atomic mass is 19.2. The Balaban J connectivity index is 1.70. The maximum absolute atomic E-state index is 13.2. The van der Waals surface area contributed by atoms with Crippen LogP contribution in [0.5, 0.6) is 0 Å². The first-order valence-corrected chi connectivity index (χ1v) is 7.18. The Kier molecular flexibility index (Phi) is 4.06. The van der Waals surface area contributed by atoms with Crippen LogP contribution in [0.3, 0.4) is 0 Å². The van der Waals surface area contributed by atoms with Crippen molar-refractivity contribution in [2.75, 3.05) is 11.4 Å². The largest absolute Gasteiger partial charge is 0.340 e. The minimum Gasteiger partial charge on any atom is -0.340 e. The van der Waals surface area contributed by atoms with Gasteiger partial charge in [-0.05, 0) is 36.8 Å². The number of rotatable bonds is 3. The predicted molar refractivity (Wildman–Crippen MR) is 81.0 cm³/mol. The van der Waals surface area contributed by atoms with Gasteiger partial charge in [0.1, 0.15) is 6.04 Å². The van der Waals surface area contributed by atoms with Crippen molar-refractivity contribution in [3.05, 3.63) is 65.7 Å². The number of para-hydroxylation sites is 1. The maximum Gasteiger partial charge on any atom is 0.252 e. The molecule has 2 aromatic rings. The number of amides is 2. The molecule has 1 saturated heterocycles. The van der Waals surface area contributed by atoms with Crippen LogP contribution in [-0.2, 0) is 4.79 Å². The highest BCUT2D eigenvalue weighted by Crippen LogP contribution is 2.21. The molecule has 0 aromatic heterocycles. The Hall–Kier alpha value is -2.76. The average Bonchev–Trinajstić information content (AvgIpc) is 2.92. The molecule has 1 atom stereocenters. The summed E-state index contributed by atoms with van der Waals surface area (Å²) in [5.41, 5.74) is 0.747. The molecule has 2 amide bonds. The van der Waals surface area contributed by atoms with Gasteiger partial charge in [-0.3, -0.25) is 9.59 Å². The van der Waals surface area contributed by atoms with Gasteiger partial charge in [0.25, 0.3) is 5.91 Å². The van der Waals surface area contributed by atoms with Crippen LogP contribution in [0.25, 0.3) is 0 Å². The first kappa shape index (κ1) is 15.1. The Labute approximate surface area is 131 Å². The van der Waals surface area contributed by atoms with E-state index in [0.717, 1.165) is 17.8 Å². The number of nitrogens with zero attached hydrogens (tertiary/aromatic N) is 1. The molecule has 0 spiro atoms. The average molecular weight is 316 g/mol. The highest BCUT2D eigenvalue weighted by Gasteiger charge is 2.33. The summed E-state index contributed by atoms with van der Waals surface area (Å²) in [5, 5.41) is 2.57. The first-order chi connectivity index (χ1) is 11.1. The van der Waals surface area contributed by atoms with Gasteiger partial charge in [0.15, 0.2) is 11.6 Å².